The number of rotatable bonds is 4. The molecule has 0 aliphatic rings. The van der Waals surface area contributed by atoms with Gasteiger partial charge in [-0.2, -0.15) is 0 Å². The summed E-state index contributed by atoms with van der Waals surface area (Å²) in [7, 11) is 0. The Morgan fingerprint density at radius 1 is 1.11 bits per heavy atom. The summed E-state index contributed by atoms with van der Waals surface area (Å²) in [4.78, 5) is 12.8. The average molecular weight is 279 g/mol. The van der Waals surface area contributed by atoms with Crippen molar-refractivity contribution in [1.29, 1.82) is 0 Å². The summed E-state index contributed by atoms with van der Waals surface area (Å²) in [5.41, 5.74) is 1.37. The SMILES string of the molecule is O=C(O)c1cccc(Sc2ccc(CCl)cc2)c1. The molecule has 0 bridgehead atoms. The molecule has 92 valence electrons. The maximum absolute atomic E-state index is 10.9. The Morgan fingerprint density at radius 2 is 1.83 bits per heavy atom. The number of benzene rings is 2. The summed E-state index contributed by atoms with van der Waals surface area (Å²) in [5, 5.41) is 8.92. The van der Waals surface area contributed by atoms with Gasteiger partial charge < -0.3 is 5.11 Å². The van der Waals surface area contributed by atoms with Crippen LogP contribution in [0.5, 0.6) is 0 Å². The van der Waals surface area contributed by atoms with E-state index in [4.69, 9.17) is 16.7 Å². The van der Waals surface area contributed by atoms with Crippen LogP contribution in [0.15, 0.2) is 58.3 Å². The van der Waals surface area contributed by atoms with E-state index in [2.05, 4.69) is 0 Å². The predicted octanol–water partition coefficient (Wildman–Crippen LogP) is 4.27. The van der Waals surface area contributed by atoms with E-state index in [0.717, 1.165) is 15.4 Å². The molecule has 0 fully saturated rings. The molecule has 0 aromatic heterocycles. The van der Waals surface area contributed by atoms with Crippen molar-refractivity contribution in [2.75, 3.05) is 0 Å². The second-order valence-corrected chi connectivity index (χ2v) is 5.13. The first-order valence-corrected chi connectivity index (χ1v) is 6.70. The Labute approximate surface area is 115 Å². The van der Waals surface area contributed by atoms with E-state index < -0.39 is 5.97 Å². The topological polar surface area (TPSA) is 37.3 Å². The summed E-state index contributed by atoms with van der Waals surface area (Å²) >= 11 is 7.25. The summed E-state index contributed by atoms with van der Waals surface area (Å²) in [6.45, 7) is 0. The summed E-state index contributed by atoms with van der Waals surface area (Å²) < 4.78 is 0. The lowest BCUT2D eigenvalue weighted by Gasteiger charge is -2.03. The first kappa shape index (κ1) is 13.0. The molecule has 0 saturated heterocycles. The van der Waals surface area contributed by atoms with Crippen LogP contribution in [0.1, 0.15) is 15.9 Å². The van der Waals surface area contributed by atoms with E-state index in [9.17, 15) is 4.79 Å². The van der Waals surface area contributed by atoms with E-state index >= 15 is 0 Å². The molecule has 18 heavy (non-hydrogen) atoms. The van der Waals surface area contributed by atoms with Crippen LogP contribution < -0.4 is 0 Å². The number of alkyl halides is 1. The third kappa shape index (κ3) is 3.28. The number of halogens is 1. The van der Waals surface area contributed by atoms with Gasteiger partial charge in [0.1, 0.15) is 0 Å². The van der Waals surface area contributed by atoms with Crippen LogP contribution in [0.2, 0.25) is 0 Å². The highest BCUT2D eigenvalue weighted by atomic mass is 35.5. The zero-order valence-corrected chi connectivity index (χ0v) is 11.0. The Hall–Kier alpha value is -1.45. The molecule has 2 nitrogen and oxygen atoms in total. The van der Waals surface area contributed by atoms with Crippen LogP contribution >= 0.6 is 23.4 Å². The molecule has 0 radical (unpaired) electrons. The highest BCUT2D eigenvalue weighted by Gasteiger charge is 2.04. The lowest BCUT2D eigenvalue weighted by atomic mass is 10.2. The van der Waals surface area contributed by atoms with E-state index in [0.29, 0.717) is 11.4 Å². The lowest BCUT2D eigenvalue weighted by Crippen LogP contribution is -1.95. The molecule has 1 N–H and O–H groups in total. The molecule has 2 rings (SSSR count). The molecule has 0 atom stereocenters. The van der Waals surface area contributed by atoms with Crippen LogP contribution in [0.3, 0.4) is 0 Å². The molecule has 2 aromatic rings. The largest absolute Gasteiger partial charge is 0.478 e. The number of carboxylic acids is 1. The van der Waals surface area contributed by atoms with Crippen LogP contribution in [0, 0.1) is 0 Å². The molecule has 0 heterocycles. The van der Waals surface area contributed by atoms with Crippen molar-refractivity contribution in [3.8, 4) is 0 Å². The van der Waals surface area contributed by atoms with Gasteiger partial charge in [0.05, 0.1) is 5.56 Å². The van der Waals surface area contributed by atoms with Gasteiger partial charge in [-0.3, -0.25) is 0 Å². The van der Waals surface area contributed by atoms with Crippen LogP contribution in [0.25, 0.3) is 0 Å². The van der Waals surface area contributed by atoms with Crippen LogP contribution in [0.4, 0.5) is 0 Å². The molecule has 0 unspecified atom stereocenters. The van der Waals surface area contributed by atoms with Gasteiger partial charge in [0.2, 0.25) is 0 Å². The maximum Gasteiger partial charge on any atom is 0.335 e. The zero-order valence-electron chi connectivity index (χ0n) is 9.47. The molecule has 0 amide bonds. The second kappa shape index (κ2) is 5.94. The van der Waals surface area contributed by atoms with Crippen molar-refractivity contribution >= 4 is 29.3 Å². The molecular formula is C14H11ClO2S. The molecule has 0 aliphatic heterocycles. The van der Waals surface area contributed by atoms with Gasteiger partial charge >= 0.3 is 5.97 Å². The molecular weight excluding hydrogens is 268 g/mol. The molecule has 0 saturated carbocycles. The van der Waals surface area contributed by atoms with Gasteiger partial charge in [-0.25, -0.2) is 4.79 Å². The number of carboxylic acid groups (broad SMARTS) is 1. The zero-order chi connectivity index (χ0) is 13.0. The highest BCUT2D eigenvalue weighted by molar-refractivity contribution is 7.99. The Bertz CT molecular complexity index is 552. The second-order valence-electron chi connectivity index (χ2n) is 3.71. The van der Waals surface area contributed by atoms with Crippen molar-refractivity contribution < 1.29 is 9.90 Å². The van der Waals surface area contributed by atoms with E-state index in [-0.39, 0.29) is 0 Å². The predicted molar refractivity (Wildman–Crippen MR) is 73.5 cm³/mol. The first-order chi connectivity index (χ1) is 8.69. The summed E-state index contributed by atoms with van der Waals surface area (Å²) in [6, 6.07) is 14.8. The number of hydrogen-bond donors (Lipinski definition) is 1. The quantitative estimate of drug-likeness (QED) is 0.849. The first-order valence-electron chi connectivity index (χ1n) is 5.35. The van der Waals surface area contributed by atoms with Crippen molar-refractivity contribution in [2.24, 2.45) is 0 Å². The Morgan fingerprint density at radius 3 is 2.44 bits per heavy atom. The minimum absolute atomic E-state index is 0.303. The molecule has 2 aromatic carbocycles. The fourth-order valence-electron chi connectivity index (χ4n) is 1.48. The smallest absolute Gasteiger partial charge is 0.335 e. The standard InChI is InChI=1S/C14H11ClO2S/c15-9-10-4-6-12(7-5-10)18-13-3-1-2-11(8-13)14(16)17/h1-8H,9H2,(H,16,17). The van der Waals surface area contributed by atoms with Crippen molar-refractivity contribution in [3.63, 3.8) is 0 Å². The van der Waals surface area contributed by atoms with Gasteiger partial charge in [0.25, 0.3) is 0 Å². The van der Waals surface area contributed by atoms with Gasteiger partial charge in [0.15, 0.2) is 0 Å². The summed E-state index contributed by atoms with van der Waals surface area (Å²) in [6.07, 6.45) is 0. The van der Waals surface area contributed by atoms with Gasteiger partial charge in [-0.05, 0) is 35.9 Å². The van der Waals surface area contributed by atoms with Gasteiger partial charge in [-0.15, -0.1) is 11.6 Å². The fourth-order valence-corrected chi connectivity index (χ4v) is 2.53. The molecule has 4 heteroatoms. The fraction of sp³-hybridized carbons (Fsp3) is 0.0714. The minimum atomic E-state index is -0.907. The van der Waals surface area contributed by atoms with Crippen molar-refractivity contribution in [3.05, 3.63) is 59.7 Å². The number of carbonyl (C=O) groups is 1. The van der Waals surface area contributed by atoms with E-state index in [1.54, 1.807) is 18.2 Å². The third-order valence-corrected chi connectivity index (χ3v) is 3.70. The maximum atomic E-state index is 10.9. The van der Waals surface area contributed by atoms with Crippen LogP contribution in [-0.2, 0) is 5.88 Å². The summed E-state index contributed by atoms with van der Waals surface area (Å²) in [5.74, 6) is -0.408. The molecule has 0 spiro atoms. The van der Waals surface area contributed by atoms with Gasteiger partial charge in [0, 0.05) is 15.7 Å². The van der Waals surface area contributed by atoms with Crippen molar-refractivity contribution in [2.45, 2.75) is 15.7 Å². The normalized spacial score (nSPS) is 10.3. The molecule has 0 aliphatic carbocycles. The van der Waals surface area contributed by atoms with Crippen LogP contribution in [-0.4, -0.2) is 11.1 Å². The van der Waals surface area contributed by atoms with Crippen molar-refractivity contribution in [1.82, 2.24) is 0 Å². The Balaban J connectivity index is 2.17. The average Bonchev–Trinajstić information content (AvgIpc) is 2.40. The number of hydrogen-bond acceptors (Lipinski definition) is 2. The minimum Gasteiger partial charge on any atom is -0.478 e. The third-order valence-electron chi connectivity index (χ3n) is 2.39. The monoisotopic (exact) mass is 278 g/mol. The van der Waals surface area contributed by atoms with Gasteiger partial charge in [-0.1, -0.05) is 30.0 Å². The number of aromatic carboxylic acids is 1. The van der Waals surface area contributed by atoms with E-state index in [1.165, 1.54) is 11.8 Å². The van der Waals surface area contributed by atoms with E-state index in [1.807, 2.05) is 30.3 Å². The lowest BCUT2D eigenvalue weighted by molar-refractivity contribution is 0.0696. The highest BCUT2D eigenvalue weighted by Crippen LogP contribution is 2.28. The Kier molecular flexibility index (Phi) is 4.28.